The largest absolute Gasteiger partial charge is 0.368 e. The van der Waals surface area contributed by atoms with Gasteiger partial charge in [-0.25, -0.2) is 0 Å². The molecule has 5 heteroatoms. The fourth-order valence-electron chi connectivity index (χ4n) is 3.82. The molecule has 1 amide bonds. The van der Waals surface area contributed by atoms with Gasteiger partial charge in [0.15, 0.2) is 0 Å². The molecule has 2 fully saturated rings. The molecule has 0 aromatic heterocycles. The van der Waals surface area contributed by atoms with E-state index in [1.165, 1.54) is 5.69 Å². The standard InChI is InChI=1S/C18H26ClN3O/c1-18(20)9-3-2-4-16(18)17(23)22-12-10-21(11-13-22)15-7-5-14(19)6-8-15/h5-8,16H,2-4,9-13,20H2,1H3. The number of nitrogens with zero attached hydrogens (tertiary/aromatic N) is 2. The van der Waals surface area contributed by atoms with Crippen molar-refractivity contribution in [2.45, 2.75) is 38.1 Å². The van der Waals surface area contributed by atoms with Crippen LogP contribution in [0.3, 0.4) is 0 Å². The van der Waals surface area contributed by atoms with Crippen molar-refractivity contribution < 1.29 is 4.79 Å². The molecule has 3 rings (SSSR count). The molecule has 23 heavy (non-hydrogen) atoms. The summed E-state index contributed by atoms with van der Waals surface area (Å²) in [5.41, 5.74) is 7.22. The maximum atomic E-state index is 12.9. The highest BCUT2D eigenvalue weighted by molar-refractivity contribution is 6.30. The van der Waals surface area contributed by atoms with Crippen LogP contribution in [0.4, 0.5) is 5.69 Å². The van der Waals surface area contributed by atoms with Crippen molar-refractivity contribution in [1.82, 2.24) is 4.90 Å². The molecule has 1 saturated carbocycles. The van der Waals surface area contributed by atoms with E-state index >= 15 is 0 Å². The molecule has 2 unspecified atom stereocenters. The van der Waals surface area contributed by atoms with Crippen LogP contribution in [-0.4, -0.2) is 42.5 Å². The normalized spacial score (nSPS) is 28.7. The fraction of sp³-hybridized carbons (Fsp3) is 0.611. The van der Waals surface area contributed by atoms with Gasteiger partial charge in [-0.1, -0.05) is 24.4 Å². The average molecular weight is 336 g/mol. The molecule has 126 valence electrons. The molecule has 1 saturated heterocycles. The van der Waals surface area contributed by atoms with E-state index in [4.69, 9.17) is 17.3 Å². The summed E-state index contributed by atoms with van der Waals surface area (Å²) in [5.74, 6) is 0.240. The van der Waals surface area contributed by atoms with Crippen molar-refractivity contribution in [3.05, 3.63) is 29.3 Å². The lowest BCUT2D eigenvalue weighted by atomic mass is 9.74. The second kappa shape index (κ2) is 6.70. The Bertz CT molecular complexity index is 550. The molecule has 1 aromatic carbocycles. The van der Waals surface area contributed by atoms with E-state index in [1.807, 2.05) is 36.1 Å². The van der Waals surface area contributed by atoms with Crippen molar-refractivity contribution in [2.24, 2.45) is 11.7 Å². The summed E-state index contributed by atoms with van der Waals surface area (Å²) in [5, 5.41) is 0.752. The molecule has 1 aliphatic carbocycles. The molecule has 1 aliphatic heterocycles. The summed E-state index contributed by atoms with van der Waals surface area (Å²) in [7, 11) is 0. The monoisotopic (exact) mass is 335 g/mol. The number of hydrogen-bond donors (Lipinski definition) is 1. The predicted molar refractivity (Wildman–Crippen MR) is 94.8 cm³/mol. The Kier molecular flexibility index (Phi) is 4.83. The van der Waals surface area contributed by atoms with Gasteiger partial charge in [-0.05, 0) is 44.0 Å². The summed E-state index contributed by atoms with van der Waals surface area (Å²) in [6.45, 7) is 5.31. The minimum Gasteiger partial charge on any atom is -0.368 e. The second-order valence-electron chi connectivity index (χ2n) is 7.09. The third kappa shape index (κ3) is 3.64. The molecule has 1 heterocycles. The lowest BCUT2D eigenvalue weighted by Crippen LogP contribution is -2.57. The maximum absolute atomic E-state index is 12.9. The van der Waals surface area contributed by atoms with Gasteiger partial charge in [-0.3, -0.25) is 4.79 Å². The Morgan fingerprint density at radius 3 is 2.43 bits per heavy atom. The Morgan fingerprint density at radius 1 is 1.17 bits per heavy atom. The molecule has 0 radical (unpaired) electrons. The number of nitrogens with two attached hydrogens (primary N) is 1. The van der Waals surface area contributed by atoms with Crippen molar-refractivity contribution in [3.8, 4) is 0 Å². The van der Waals surface area contributed by atoms with Crippen LogP contribution >= 0.6 is 11.6 Å². The minimum absolute atomic E-state index is 0.0154. The first kappa shape index (κ1) is 16.6. The molecule has 2 N–H and O–H groups in total. The van der Waals surface area contributed by atoms with Gasteiger partial charge < -0.3 is 15.5 Å². The van der Waals surface area contributed by atoms with E-state index in [-0.39, 0.29) is 17.4 Å². The van der Waals surface area contributed by atoms with Gasteiger partial charge in [0.05, 0.1) is 5.92 Å². The third-order valence-electron chi connectivity index (χ3n) is 5.34. The van der Waals surface area contributed by atoms with E-state index in [1.54, 1.807) is 0 Å². The van der Waals surface area contributed by atoms with Crippen LogP contribution in [0, 0.1) is 5.92 Å². The van der Waals surface area contributed by atoms with Crippen molar-refractivity contribution in [3.63, 3.8) is 0 Å². The smallest absolute Gasteiger partial charge is 0.227 e. The molecule has 2 atom stereocenters. The van der Waals surface area contributed by atoms with Crippen LogP contribution in [0.25, 0.3) is 0 Å². The van der Waals surface area contributed by atoms with Gasteiger partial charge in [0, 0.05) is 42.4 Å². The number of carbonyl (C=O) groups is 1. The number of benzene rings is 1. The Morgan fingerprint density at radius 2 is 1.83 bits per heavy atom. The van der Waals surface area contributed by atoms with Crippen LogP contribution < -0.4 is 10.6 Å². The molecular weight excluding hydrogens is 310 g/mol. The average Bonchev–Trinajstić information content (AvgIpc) is 2.55. The zero-order valence-corrected chi connectivity index (χ0v) is 14.6. The van der Waals surface area contributed by atoms with Crippen LogP contribution in [0.2, 0.25) is 5.02 Å². The maximum Gasteiger partial charge on any atom is 0.227 e. The SMILES string of the molecule is CC1(N)CCCCC1C(=O)N1CCN(c2ccc(Cl)cc2)CC1. The van der Waals surface area contributed by atoms with Crippen LogP contribution in [0.15, 0.2) is 24.3 Å². The van der Waals surface area contributed by atoms with Crippen LogP contribution in [-0.2, 0) is 4.79 Å². The number of anilines is 1. The van der Waals surface area contributed by atoms with Crippen molar-refractivity contribution in [2.75, 3.05) is 31.1 Å². The first-order valence-corrected chi connectivity index (χ1v) is 8.93. The quantitative estimate of drug-likeness (QED) is 0.904. The molecule has 0 spiro atoms. The number of halogens is 1. The number of carbonyl (C=O) groups excluding carboxylic acids is 1. The molecule has 2 aliphatic rings. The molecular formula is C18H26ClN3O. The summed E-state index contributed by atoms with van der Waals surface area (Å²) in [6.07, 6.45) is 4.15. The van der Waals surface area contributed by atoms with E-state index in [2.05, 4.69) is 4.90 Å². The zero-order valence-electron chi connectivity index (χ0n) is 13.8. The summed E-state index contributed by atoms with van der Waals surface area (Å²) in [6, 6.07) is 7.91. The van der Waals surface area contributed by atoms with E-state index < -0.39 is 0 Å². The fourth-order valence-corrected chi connectivity index (χ4v) is 3.95. The summed E-state index contributed by atoms with van der Waals surface area (Å²) in [4.78, 5) is 17.2. The molecule has 4 nitrogen and oxygen atoms in total. The van der Waals surface area contributed by atoms with Gasteiger partial charge in [-0.2, -0.15) is 0 Å². The summed E-state index contributed by atoms with van der Waals surface area (Å²) >= 11 is 5.94. The topological polar surface area (TPSA) is 49.6 Å². The van der Waals surface area contributed by atoms with Crippen molar-refractivity contribution in [1.29, 1.82) is 0 Å². The van der Waals surface area contributed by atoms with E-state index in [0.29, 0.717) is 0 Å². The molecule has 1 aromatic rings. The number of hydrogen-bond acceptors (Lipinski definition) is 3. The lowest BCUT2D eigenvalue weighted by Gasteiger charge is -2.42. The van der Waals surface area contributed by atoms with Gasteiger partial charge >= 0.3 is 0 Å². The van der Waals surface area contributed by atoms with Crippen LogP contribution in [0.1, 0.15) is 32.6 Å². The number of amides is 1. The highest BCUT2D eigenvalue weighted by Crippen LogP contribution is 2.33. The predicted octanol–water partition coefficient (Wildman–Crippen LogP) is 2.90. The minimum atomic E-state index is -0.345. The third-order valence-corrected chi connectivity index (χ3v) is 5.59. The lowest BCUT2D eigenvalue weighted by molar-refractivity contribution is -0.139. The number of piperazine rings is 1. The second-order valence-corrected chi connectivity index (χ2v) is 7.53. The van der Waals surface area contributed by atoms with Gasteiger partial charge in [0.2, 0.25) is 5.91 Å². The van der Waals surface area contributed by atoms with Crippen molar-refractivity contribution >= 4 is 23.2 Å². The Balaban J connectivity index is 1.60. The summed E-state index contributed by atoms with van der Waals surface area (Å²) < 4.78 is 0. The Labute approximate surface area is 143 Å². The van der Waals surface area contributed by atoms with E-state index in [9.17, 15) is 4.79 Å². The van der Waals surface area contributed by atoms with Crippen LogP contribution in [0.5, 0.6) is 0 Å². The van der Waals surface area contributed by atoms with Gasteiger partial charge in [-0.15, -0.1) is 0 Å². The van der Waals surface area contributed by atoms with E-state index in [0.717, 1.165) is 56.9 Å². The van der Waals surface area contributed by atoms with Gasteiger partial charge in [0.1, 0.15) is 0 Å². The molecule has 0 bridgehead atoms. The Hall–Kier alpha value is -1.26. The highest BCUT2D eigenvalue weighted by Gasteiger charge is 2.40. The first-order valence-electron chi connectivity index (χ1n) is 8.55. The highest BCUT2D eigenvalue weighted by atomic mass is 35.5. The first-order chi connectivity index (χ1) is 11.0. The number of rotatable bonds is 2. The zero-order chi connectivity index (χ0) is 16.4. The van der Waals surface area contributed by atoms with Gasteiger partial charge in [0.25, 0.3) is 0 Å².